The fourth-order valence-electron chi connectivity index (χ4n) is 4.52. The van der Waals surface area contributed by atoms with Crippen molar-refractivity contribution in [2.24, 2.45) is 5.92 Å². The molecule has 4 heteroatoms. The average molecular weight is 484 g/mol. The predicted molar refractivity (Wildman–Crippen MR) is 145 cm³/mol. The summed E-state index contributed by atoms with van der Waals surface area (Å²) >= 11 is 0. The first kappa shape index (κ1) is 26.8. The van der Waals surface area contributed by atoms with Crippen molar-refractivity contribution < 1.29 is 19.1 Å². The number of rotatable bonds is 13. The first-order valence-corrected chi connectivity index (χ1v) is 12.5. The van der Waals surface area contributed by atoms with Gasteiger partial charge in [0.15, 0.2) is 5.78 Å². The summed E-state index contributed by atoms with van der Waals surface area (Å²) in [6.07, 6.45) is 8.26. The first-order valence-electron chi connectivity index (χ1n) is 12.5. The maximum atomic E-state index is 12.6. The summed E-state index contributed by atoms with van der Waals surface area (Å²) in [4.78, 5) is 24.1. The lowest BCUT2D eigenvalue weighted by Crippen LogP contribution is -2.14. The molecule has 3 aromatic carbocycles. The number of hydrogen-bond donors (Lipinski definition) is 0. The summed E-state index contributed by atoms with van der Waals surface area (Å²) in [6.45, 7) is 7.52. The smallest absolute Gasteiger partial charge is 0.343 e. The van der Waals surface area contributed by atoms with E-state index >= 15 is 0 Å². The Bertz CT molecular complexity index is 1130. The van der Waals surface area contributed by atoms with E-state index < -0.39 is 5.97 Å². The van der Waals surface area contributed by atoms with Crippen LogP contribution in [0.2, 0.25) is 0 Å². The Labute approximate surface area is 215 Å². The molecule has 0 saturated heterocycles. The number of carbonyl (C=O) groups is 2. The Hall–Kier alpha value is -3.79. The van der Waals surface area contributed by atoms with Gasteiger partial charge < -0.3 is 9.47 Å². The molecular formula is C32H35O4-. The van der Waals surface area contributed by atoms with Crippen LogP contribution < -0.4 is 9.47 Å². The minimum absolute atomic E-state index is 0.0406. The van der Waals surface area contributed by atoms with Gasteiger partial charge >= 0.3 is 5.97 Å². The molecule has 36 heavy (non-hydrogen) atoms. The highest BCUT2D eigenvalue weighted by Gasteiger charge is 2.24. The van der Waals surface area contributed by atoms with Crippen molar-refractivity contribution in [2.75, 3.05) is 7.11 Å². The molecule has 0 amide bonds. The third-order valence-electron chi connectivity index (χ3n) is 6.56. The van der Waals surface area contributed by atoms with Crippen LogP contribution in [0.15, 0.2) is 85.5 Å². The van der Waals surface area contributed by atoms with Crippen LogP contribution in [0.3, 0.4) is 0 Å². The summed E-state index contributed by atoms with van der Waals surface area (Å²) in [5, 5.41) is 0. The molecule has 0 aromatic heterocycles. The van der Waals surface area contributed by atoms with E-state index in [0.29, 0.717) is 22.8 Å². The summed E-state index contributed by atoms with van der Waals surface area (Å²) in [6, 6.07) is 22.6. The van der Waals surface area contributed by atoms with Gasteiger partial charge in [-0.1, -0.05) is 62.6 Å². The minimum atomic E-state index is -0.450. The molecule has 2 atom stereocenters. The molecule has 188 valence electrons. The van der Waals surface area contributed by atoms with Crippen LogP contribution >= 0.6 is 0 Å². The number of unbranched alkanes of at least 4 members (excludes halogenated alkanes) is 2. The summed E-state index contributed by atoms with van der Waals surface area (Å²) in [5.74, 6) is 1.51. The van der Waals surface area contributed by atoms with E-state index in [9.17, 15) is 9.59 Å². The van der Waals surface area contributed by atoms with Crippen molar-refractivity contribution in [3.63, 3.8) is 0 Å². The Morgan fingerprint density at radius 2 is 1.44 bits per heavy atom. The van der Waals surface area contributed by atoms with Crippen molar-refractivity contribution in [3.05, 3.63) is 114 Å². The molecule has 3 aromatic rings. The molecule has 0 heterocycles. The molecule has 0 aliphatic heterocycles. The van der Waals surface area contributed by atoms with Crippen LogP contribution in [0.5, 0.6) is 11.5 Å². The number of ether oxygens (including phenoxy) is 2. The van der Waals surface area contributed by atoms with E-state index in [1.165, 1.54) is 18.1 Å². The van der Waals surface area contributed by atoms with Crippen molar-refractivity contribution in [3.8, 4) is 11.5 Å². The van der Waals surface area contributed by atoms with E-state index in [4.69, 9.17) is 9.47 Å². The lowest BCUT2D eigenvalue weighted by molar-refractivity contribution is 0.0734. The van der Waals surface area contributed by atoms with Crippen LogP contribution in [-0.4, -0.2) is 18.9 Å². The van der Waals surface area contributed by atoms with E-state index in [0.717, 1.165) is 31.4 Å². The third-order valence-corrected chi connectivity index (χ3v) is 6.56. The number of ketones is 1. The van der Waals surface area contributed by atoms with Gasteiger partial charge in [0.2, 0.25) is 0 Å². The normalized spacial score (nSPS) is 12.3. The SMILES string of the molecule is C=C[CH-]CCCC(CC)C(c1ccc(OC)cc1)c1ccc(OC(=O)c2ccc(C(C)=O)cc2)cc1. The Morgan fingerprint density at radius 3 is 1.94 bits per heavy atom. The Balaban J connectivity index is 1.80. The highest BCUT2D eigenvalue weighted by molar-refractivity contribution is 5.96. The highest BCUT2D eigenvalue weighted by Crippen LogP contribution is 2.38. The molecule has 0 aliphatic rings. The number of carbonyl (C=O) groups excluding carboxylic acids is 2. The number of hydrogen-bond acceptors (Lipinski definition) is 4. The van der Waals surface area contributed by atoms with Crippen LogP contribution in [0.25, 0.3) is 0 Å². The zero-order valence-electron chi connectivity index (χ0n) is 21.4. The van der Waals surface area contributed by atoms with E-state index in [1.54, 1.807) is 31.4 Å². The molecule has 4 nitrogen and oxygen atoms in total. The minimum Gasteiger partial charge on any atom is -0.497 e. The molecule has 0 fully saturated rings. The summed E-state index contributed by atoms with van der Waals surface area (Å²) in [5.41, 5.74) is 3.40. The van der Waals surface area contributed by atoms with Crippen LogP contribution in [0.1, 0.15) is 77.3 Å². The maximum absolute atomic E-state index is 12.6. The summed E-state index contributed by atoms with van der Waals surface area (Å²) < 4.78 is 11.0. The van der Waals surface area contributed by atoms with Crippen LogP contribution in [-0.2, 0) is 0 Å². The molecule has 0 saturated carbocycles. The second-order valence-corrected chi connectivity index (χ2v) is 8.91. The van der Waals surface area contributed by atoms with Gasteiger partial charge in [-0.25, -0.2) is 23.9 Å². The van der Waals surface area contributed by atoms with Gasteiger partial charge in [-0.3, -0.25) is 4.79 Å². The lowest BCUT2D eigenvalue weighted by atomic mass is 9.77. The van der Waals surface area contributed by atoms with Crippen molar-refractivity contribution >= 4 is 11.8 Å². The van der Waals surface area contributed by atoms with Crippen LogP contribution in [0, 0.1) is 12.3 Å². The van der Waals surface area contributed by atoms with E-state index in [2.05, 4.69) is 44.2 Å². The van der Waals surface area contributed by atoms with Gasteiger partial charge in [-0.05, 0) is 60.4 Å². The summed E-state index contributed by atoms with van der Waals surface area (Å²) in [7, 11) is 1.68. The molecule has 3 rings (SSSR count). The lowest BCUT2D eigenvalue weighted by Gasteiger charge is -2.28. The number of benzene rings is 3. The van der Waals surface area contributed by atoms with Gasteiger partial charge in [0.1, 0.15) is 11.5 Å². The van der Waals surface area contributed by atoms with Crippen molar-refractivity contribution in [1.82, 2.24) is 0 Å². The van der Waals surface area contributed by atoms with Gasteiger partial charge in [0.25, 0.3) is 0 Å². The quantitative estimate of drug-likeness (QED) is 0.0817. The molecule has 2 unspecified atom stereocenters. The molecular weight excluding hydrogens is 448 g/mol. The zero-order valence-corrected chi connectivity index (χ0v) is 21.4. The van der Waals surface area contributed by atoms with Gasteiger partial charge in [0, 0.05) is 11.5 Å². The van der Waals surface area contributed by atoms with E-state index in [1.807, 2.05) is 30.3 Å². The highest BCUT2D eigenvalue weighted by atomic mass is 16.5. The zero-order chi connectivity index (χ0) is 25.9. The first-order chi connectivity index (χ1) is 17.5. The number of esters is 1. The second kappa shape index (κ2) is 13.3. The fourth-order valence-corrected chi connectivity index (χ4v) is 4.52. The number of allylic oxidation sites excluding steroid dienone is 1. The molecule has 0 radical (unpaired) electrons. The average Bonchev–Trinajstić information content (AvgIpc) is 2.91. The topological polar surface area (TPSA) is 52.6 Å². The van der Waals surface area contributed by atoms with Crippen molar-refractivity contribution in [1.29, 1.82) is 0 Å². The predicted octanol–water partition coefficient (Wildman–Crippen LogP) is 7.84. The third kappa shape index (κ3) is 7.11. The van der Waals surface area contributed by atoms with E-state index in [-0.39, 0.29) is 11.7 Å². The standard InChI is InChI=1S/C32H35O4/c1-5-7-8-9-10-24(6-2)31(26-15-19-29(35-4)20-16-26)27-17-21-30(22-18-27)36-32(34)28-13-11-25(12-14-28)23(3)33/h5,7,11-22,24,31H,1,6,8-10H2,2-4H3/q-1. The van der Waals surface area contributed by atoms with Crippen LogP contribution in [0.4, 0.5) is 0 Å². The Morgan fingerprint density at radius 1 is 0.889 bits per heavy atom. The fraction of sp³-hybridized carbons (Fsp3) is 0.281. The largest absolute Gasteiger partial charge is 0.497 e. The van der Waals surface area contributed by atoms with Crippen molar-refractivity contribution in [2.45, 2.75) is 45.4 Å². The molecule has 0 spiro atoms. The number of Topliss-reactive ketones (excluding diaryl/α,β-unsaturated/α-hetero) is 1. The monoisotopic (exact) mass is 483 g/mol. The van der Waals surface area contributed by atoms with Gasteiger partial charge in [-0.2, -0.15) is 0 Å². The maximum Gasteiger partial charge on any atom is 0.343 e. The molecule has 0 aliphatic carbocycles. The van der Waals surface area contributed by atoms with Gasteiger partial charge in [0.05, 0.1) is 12.7 Å². The number of methoxy groups -OCH3 is 1. The second-order valence-electron chi connectivity index (χ2n) is 8.91. The molecule has 0 bridgehead atoms. The Kier molecular flexibility index (Phi) is 9.93. The van der Waals surface area contributed by atoms with Gasteiger partial charge in [-0.15, -0.1) is 6.42 Å². The molecule has 0 N–H and O–H groups in total.